The Balaban J connectivity index is 1.70. The molecule has 2 aromatic rings. The van der Waals surface area contributed by atoms with Crippen LogP contribution in [0.2, 0.25) is 0 Å². The Morgan fingerprint density at radius 1 is 1.10 bits per heavy atom. The SMILES string of the molecule is C1=C/C(=C/Nn2cnnc2)C(C=Nc2ccccc2)=C1. The van der Waals surface area contributed by atoms with Crippen molar-refractivity contribution >= 4 is 11.9 Å². The minimum Gasteiger partial charge on any atom is -0.299 e. The lowest BCUT2D eigenvalue weighted by molar-refractivity contribution is 0.945. The zero-order valence-corrected chi connectivity index (χ0v) is 10.7. The fourth-order valence-electron chi connectivity index (χ4n) is 1.77. The maximum atomic E-state index is 4.45. The van der Waals surface area contributed by atoms with Gasteiger partial charge in [0.15, 0.2) is 0 Å². The molecule has 0 fully saturated rings. The van der Waals surface area contributed by atoms with E-state index in [9.17, 15) is 0 Å². The van der Waals surface area contributed by atoms with Gasteiger partial charge in [0.25, 0.3) is 0 Å². The third kappa shape index (κ3) is 2.89. The van der Waals surface area contributed by atoms with E-state index in [1.165, 1.54) is 0 Å². The van der Waals surface area contributed by atoms with Gasteiger partial charge in [0.2, 0.25) is 0 Å². The third-order valence-electron chi connectivity index (χ3n) is 2.78. The zero-order chi connectivity index (χ0) is 13.6. The van der Waals surface area contributed by atoms with E-state index in [1.807, 2.05) is 61.0 Å². The molecule has 5 nitrogen and oxygen atoms in total. The Bertz CT molecular complexity index is 678. The minimum atomic E-state index is 0.936. The van der Waals surface area contributed by atoms with Crippen molar-refractivity contribution in [2.75, 3.05) is 5.43 Å². The van der Waals surface area contributed by atoms with Crippen LogP contribution < -0.4 is 5.43 Å². The molecule has 0 radical (unpaired) electrons. The van der Waals surface area contributed by atoms with Crippen LogP contribution in [-0.2, 0) is 0 Å². The first-order valence-corrected chi connectivity index (χ1v) is 6.21. The van der Waals surface area contributed by atoms with E-state index in [4.69, 9.17) is 0 Å². The van der Waals surface area contributed by atoms with Gasteiger partial charge in [-0.2, -0.15) is 0 Å². The Kier molecular flexibility index (Phi) is 3.51. The van der Waals surface area contributed by atoms with E-state index in [0.717, 1.165) is 16.8 Å². The molecule has 3 rings (SSSR count). The molecule has 0 saturated carbocycles. The number of aliphatic imine (C=N–C) groups is 1. The van der Waals surface area contributed by atoms with Gasteiger partial charge in [0.05, 0.1) is 5.69 Å². The highest BCUT2D eigenvalue weighted by Crippen LogP contribution is 2.18. The van der Waals surface area contributed by atoms with Gasteiger partial charge in [-0.1, -0.05) is 36.4 Å². The summed E-state index contributed by atoms with van der Waals surface area (Å²) in [4.78, 5) is 4.45. The van der Waals surface area contributed by atoms with E-state index in [0.29, 0.717) is 0 Å². The molecular weight excluding hydrogens is 250 g/mol. The summed E-state index contributed by atoms with van der Waals surface area (Å²) < 4.78 is 1.67. The Morgan fingerprint density at radius 2 is 1.90 bits per heavy atom. The summed E-state index contributed by atoms with van der Waals surface area (Å²) in [6.07, 6.45) is 13.0. The van der Waals surface area contributed by atoms with E-state index in [2.05, 4.69) is 20.6 Å². The van der Waals surface area contributed by atoms with Gasteiger partial charge >= 0.3 is 0 Å². The molecular formula is C15H13N5. The van der Waals surface area contributed by atoms with Gasteiger partial charge in [0, 0.05) is 23.6 Å². The molecule has 0 saturated heterocycles. The van der Waals surface area contributed by atoms with Crippen molar-refractivity contribution in [3.05, 3.63) is 78.6 Å². The van der Waals surface area contributed by atoms with Crippen molar-refractivity contribution in [1.82, 2.24) is 14.9 Å². The normalized spacial score (nSPS) is 16.0. The second-order valence-corrected chi connectivity index (χ2v) is 4.17. The van der Waals surface area contributed by atoms with Crippen molar-refractivity contribution in [1.29, 1.82) is 0 Å². The molecule has 1 aliphatic carbocycles. The minimum absolute atomic E-state index is 0.936. The van der Waals surface area contributed by atoms with Gasteiger partial charge < -0.3 is 0 Å². The van der Waals surface area contributed by atoms with Gasteiger partial charge in [-0.05, 0) is 12.1 Å². The lowest BCUT2D eigenvalue weighted by Crippen LogP contribution is -2.06. The van der Waals surface area contributed by atoms with E-state index < -0.39 is 0 Å². The number of benzene rings is 1. The van der Waals surface area contributed by atoms with Gasteiger partial charge in [-0.15, -0.1) is 10.2 Å². The van der Waals surface area contributed by atoms with E-state index >= 15 is 0 Å². The lowest BCUT2D eigenvalue weighted by atomic mass is 10.2. The van der Waals surface area contributed by atoms with Crippen LogP contribution in [0.4, 0.5) is 5.69 Å². The number of allylic oxidation sites excluding steroid dienone is 5. The van der Waals surface area contributed by atoms with Crippen LogP contribution in [0.1, 0.15) is 0 Å². The van der Waals surface area contributed by atoms with Crippen molar-refractivity contribution in [2.24, 2.45) is 4.99 Å². The van der Waals surface area contributed by atoms with Crippen molar-refractivity contribution in [2.45, 2.75) is 0 Å². The molecule has 1 N–H and O–H groups in total. The molecule has 0 amide bonds. The smallest absolute Gasteiger partial charge is 0.139 e. The highest BCUT2D eigenvalue weighted by Gasteiger charge is 2.03. The number of hydrogen-bond acceptors (Lipinski definition) is 4. The fourth-order valence-corrected chi connectivity index (χ4v) is 1.77. The first-order valence-electron chi connectivity index (χ1n) is 6.21. The van der Waals surface area contributed by atoms with Crippen LogP contribution in [-0.4, -0.2) is 21.1 Å². The van der Waals surface area contributed by atoms with Crippen molar-refractivity contribution in [3.63, 3.8) is 0 Å². The summed E-state index contributed by atoms with van der Waals surface area (Å²) in [7, 11) is 0. The van der Waals surface area contributed by atoms with Gasteiger partial charge in [0.1, 0.15) is 12.7 Å². The summed E-state index contributed by atoms with van der Waals surface area (Å²) >= 11 is 0. The van der Waals surface area contributed by atoms with Gasteiger partial charge in [-0.3, -0.25) is 10.4 Å². The summed E-state index contributed by atoms with van der Waals surface area (Å²) in [6, 6.07) is 9.86. The second-order valence-electron chi connectivity index (χ2n) is 4.17. The molecule has 0 bridgehead atoms. The molecule has 20 heavy (non-hydrogen) atoms. The Labute approximate surface area is 116 Å². The average molecular weight is 263 g/mol. The number of nitrogens with one attached hydrogen (secondary N) is 1. The van der Waals surface area contributed by atoms with Crippen molar-refractivity contribution < 1.29 is 0 Å². The molecule has 1 aliphatic rings. The Hall–Kier alpha value is -2.95. The molecule has 0 aliphatic heterocycles. The predicted molar refractivity (Wildman–Crippen MR) is 79.3 cm³/mol. The molecule has 5 heteroatoms. The van der Waals surface area contributed by atoms with Crippen LogP contribution in [0, 0.1) is 0 Å². The van der Waals surface area contributed by atoms with Crippen LogP contribution >= 0.6 is 0 Å². The van der Waals surface area contributed by atoms with Crippen LogP contribution in [0.3, 0.4) is 0 Å². The van der Waals surface area contributed by atoms with E-state index in [1.54, 1.807) is 17.3 Å². The predicted octanol–water partition coefficient (Wildman–Crippen LogP) is 2.60. The fraction of sp³-hybridized carbons (Fsp3) is 0. The molecule has 1 aromatic carbocycles. The summed E-state index contributed by atoms with van der Waals surface area (Å²) in [5, 5.41) is 7.45. The quantitative estimate of drug-likeness (QED) is 0.863. The summed E-state index contributed by atoms with van der Waals surface area (Å²) in [6.45, 7) is 0. The zero-order valence-electron chi connectivity index (χ0n) is 10.7. The van der Waals surface area contributed by atoms with E-state index in [-0.39, 0.29) is 0 Å². The van der Waals surface area contributed by atoms with Gasteiger partial charge in [-0.25, -0.2) is 4.68 Å². The molecule has 1 heterocycles. The molecule has 98 valence electrons. The van der Waals surface area contributed by atoms with Crippen LogP contribution in [0.5, 0.6) is 0 Å². The molecule has 0 unspecified atom stereocenters. The monoisotopic (exact) mass is 263 g/mol. The summed E-state index contributed by atoms with van der Waals surface area (Å²) in [5.74, 6) is 0. The number of nitrogens with zero attached hydrogens (tertiary/aromatic N) is 4. The maximum Gasteiger partial charge on any atom is 0.139 e. The molecule has 1 aromatic heterocycles. The summed E-state index contributed by atoms with van der Waals surface area (Å²) in [5.41, 5.74) is 6.11. The maximum absolute atomic E-state index is 4.45. The average Bonchev–Trinajstić information content (AvgIpc) is 3.15. The van der Waals surface area contributed by atoms with Crippen LogP contribution in [0.25, 0.3) is 0 Å². The first-order chi connectivity index (χ1) is 9.92. The first kappa shape index (κ1) is 12.1. The topological polar surface area (TPSA) is 55.1 Å². The number of rotatable bonds is 4. The standard InChI is InChI=1S/C15H13N5/c1-2-7-15(8-3-1)16-9-13-5-4-6-14(13)10-19-20-11-17-18-12-20/h1-12,19H/b14-10-,16-9?. The number of aromatic nitrogens is 3. The lowest BCUT2D eigenvalue weighted by Gasteiger charge is -2.02. The number of hydrogen-bond donors (Lipinski definition) is 1. The highest BCUT2D eigenvalue weighted by atomic mass is 15.5. The highest BCUT2D eigenvalue weighted by molar-refractivity contribution is 5.89. The largest absolute Gasteiger partial charge is 0.299 e. The molecule has 0 atom stereocenters. The Morgan fingerprint density at radius 3 is 2.70 bits per heavy atom. The third-order valence-corrected chi connectivity index (χ3v) is 2.78. The van der Waals surface area contributed by atoms with Crippen LogP contribution in [0.15, 0.2) is 83.6 Å². The molecule has 0 spiro atoms. The second kappa shape index (κ2) is 5.79. The number of para-hydroxylation sites is 1. The van der Waals surface area contributed by atoms with Crippen molar-refractivity contribution in [3.8, 4) is 0 Å².